The third-order valence-corrected chi connectivity index (χ3v) is 3.79. The fraction of sp³-hybridized carbons (Fsp3) is 0.588. The number of rotatable bonds is 4. The van der Waals surface area contributed by atoms with E-state index in [9.17, 15) is 4.79 Å². The van der Waals surface area contributed by atoms with Gasteiger partial charge in [0.2, 0.25) is 0 Å². The molecule has 2 N–H and O–H groups in total. The Labute approximate surface area is 117 Å². The van der Waals surface area contributed by atoms with Gasteiger partial charge in [0.05, 0.1) is 0 Å². The molecule has 1 rings (SSSR count). The number of ketones is 1. The van der Waals surface area contributed by atoms with Crippen molar-refractivity contribution in [3.63, 3.8) is 0 Å². The maximum atomic E-state index is 12.5. The molecule has 106 valence electrons. The van der Waals surface area contributed by atoms with Crippen LogP contribution in [-0.4, -0.2) is 12.3 Å². The lowest BCUT2D eigenvalue weighted by atomic mass is 9.81. The van der Waals surface area contributed by atoms with Crippen LogP contribution in [0.15, 0.2) is 12.1 Å². The summed E-state index contributed by atoms with van der Waals surface area (Å²) in [6.07, 6.45) is 0.801. The lowest BCUT2D eigenvalue weighted by Crippen LogP contribution is -2.25. The van der Waals surface area contributed by atoms with Crippen LogP contribution >= 0.6 is 0 Å². The standard InChI is InChI=1S/C17H27NO/c1-7-13(10-18)16(19)15-11(2)8-14(9-12(15)3)17(4,5)6/h8-9,13H,7,10,18H2,1-6H3. The molecule has 1 aromatic rings. The Morgan fingerprint density at radius 1 is 1.21 bits per heavy atom. The van der Waals surface area contributed by atoms with Crippen LogP contribution in [0.5, 0.6) is 0 Å². The van der Waals surface area contributed by atoms with Crippen LogP contribution in [0.25, 0.3) is 0 Å². The smallest absolute Gasteiger partial charge is 0.167 e. The second kappa shape index (κ2) is 5.87. The summed E-state index contributed by atoms with van der Waals surface area (Å²) < 4.78 is 0. The van der Waals surface area contributed by atoms with Crippen molar-refractivity contribution in [2.75, 3.05) is 6.54 Å². The predicted molar refractivity (Wildman–Crippen MR) is 81.8 cm³/mol. The van der Waals surface area contributed by atoms with E-state index in [0.717, 1.165) is 23.1 Å². The largest absolute Gasteiger partial charge is 0.330 e. The number of carbonyl (C=O) groups is 1. The van der Waals surface area contributed by atoms with Gasteiger partial charge in [-0.15, -0.1) is 0 Å². The van der Waals surface area contributed by atoms with Crippen LogP contribution in [0.3, 0.4) is 0 Å². The molecule has 0 radical (unpaired) electrons. The molecule has 0 bridgehead atoms. The minimum absolute atomic E-state index is 0.0575. The summed E-state index contributed by atoms with van der Waals surface area (Å²) in [6, 6.07) is 4.28. The number of hydrogen-bond acceptors (Lipinski definition) is 2. The van der Waals surface area contributed by atoms with E-state index in [1.807, 2.05) is 20.8 Å². The summed E-state index contributed by atoms with van der Waals surface area (Å²) in [5, 5.41) is 0. The Bertz CT molecular complexity index is 442. The maximum absolute atomic E-state index is 12.5. The van der Waals surface area contributed by atoms with Crippen molar-refractivity contribution in [3.8, 4) is 0 Å². The van der Waals surface area contributed by atoms with Crippen molar-refractivity contribution in [1.29, 1.82) is 0 Å². The van der Waals surface area contributed by atoms with Crippen LogP contribution in [0, 0.1) is 19.8 Å². The molecule has 0 heterocycles. The van der Waals surface area contributed by atoms with Crippen LogP contribution in [0.1, 0.15) is 61.2 Å². The fourth-order valence-corrected chi connectivity index (χ4v) is 2.45. The molecule has 0 aliphatic heterocycles. The summed E-state index contributed by atoms with van der Waals surface area (Å²) in [4.78, 5) is 12.5. The maximum Gasteiger partial charge on any atom is 0.167 e. The molecule has 2 nitrogen and oxygen atoms in total. The zero-order chi connectivity index (χ0) is 14.8. The first kappa shape index (κ1) is 15.9. The van der Waals surface area contributed by atoms with Gasteiger partial charge in [-0.3, -0.25) is 4.79 Å². The summed E-state index contributed by atoms with van der Waals surface area (Å²) >= 11 is 0. The molecule has 0 saturated heterocycles. The lowest BCUT2D eigenvalue weighted by Gasteiger charge is -2.23. The van der Waals surface area contributed by atoms with E-state index in [2.05, 4.69) is 32.9 Å². The highest BCUT2D eigenvalue weighted by molar-refractivity contribution is 6.00. The first-order chi connectivity index (χ1) is 8.72. The van der Waals surface area contributed by atoms with Crippen molar-refractivity contribution < 1.29 is 4.79 Å². The monoisotopic (exact) mass is 261 g/mol. The van der Waals surface area contributed by atoms with E-state index >= 15 is 0 Å². The quantitative estimate of drug-likeness (QED) is 0.838. The Hall–Kier alpha value is -1.15. The van der Waals surface area contributed by atoms with Gasteiger partial charge in [-0.25, -0.2) is 0 Å². The number of hydrogen-bond donors (Lipinski definition) is 1. The van der Waals surface area contributed by atoms with Gasteiger partial charge in [0.25, 0.3) is 0 Å². The average Bonchev–Trinajstić information content (AvgIpc) is 2.28. The summed E-state index contributed by atoms with van der Waals surface area (Å²) in [7, 11) is 0. The Morgan fingerprint density at radius 2 is 1.68 bits per heavy atom. The van der Waals surface area contributed by atoms with Crippen molar-refractivity contribution in [2.24, 2.45) is 11.7 Å². The highest BCUT2D eigenvalue weighted by Crippen LogP contribution is 2.28. The van der Waals surface area contributed by atoms with Crippen LogP contribution in [0.4, 0.5) is 0 Å². The van der Waals surface area contributed by atoms with Gasteiger partial charge < -0.3 is 5.73 Å². The van der Waals surface area contributed by atoms with Gasteiger partial charge in [0.15, 0.2) is 5.78 Å². The van der Waals surface area contributed by atoms with E-state index in [4.69, 9.17) is 5.73 Å². The van der Waals surface area contributed by atoms with Crippen LogP contribution < -0.4 is 5.73 Å². The van der Waals surface area contributed by atoms with Gasteiger partial charge in [-0.1, -0.05) is 39.8 Å². The van der Waals surface area contributed by atoms with E-state index in [1.54, 1.807) is 0 Å². The Morgan fingerprint density at radius 3 is 2.00 bits per heavy atom. The van der Waals surface area contributed by atoms with Gasteiger partial charge in [0.1, 0.15) is 0 Å². The summed E-state index contributed by atoms with van der Waals surface area (Å²) in [5.74, 6) is 0.137. The van der Waals surface area contributed by atoms with E-state index in [-0.39, 0.29) is 17.1 Å². The second-order valence-electron chi connectivity index (χ2n) is 6.44. The summed E-state index contributed by atoms with van der Waals surface area (Å²) in [6.45, 7) is 13.1. The lowest BCUT2D eigenvalue weighted by molar-refractivity contribution is 0.0920. The van der Waals surface area contributed by atoms with Crippen molar-refractivity contribution in [3.05, 3.63) is 34.4 Å². The van der Waals surface area contributed by atoms with Crippen molar-refractivity contribution in [2.45, 2.75) is 53.4 Å². The van der Waals surface area contributed by atoms with E-state index in [1.165, 1.54) is 5.56 Å². The molecular formula is C17H27NO. The zero-order valence-electron chi connectivity index (χ0n) is 13.1. The van der Waals surface area contributed by atoms with Gasteiger partial charge in [-0.05, 0) is 42.4 Å². The molecule has 0 aromatic heterocycles. The van der Waals surface area contributed by atoms with Gasteiger partial charge in [-0.2, -0.15) is 0 Å². The number of aryl methyl sites for hydroxylation is 2. The normalized spacial score (nSPS) is 13.4. The Balaban J connectivity index is 3.28. The average molecular weight is 261 g/mol. The van der Waals surface area contributed by atoms with Crippen molar-refractivity contribution >= 4 is 5.78 Å². The molecule has 1 unspecified atom stereocenters. The van der Waals surface area contributed by atoms with E-state index in [0.29, 0.717) is 6.54 Å². The molecule has 0 aliphatic carbocycles. The molecular weight excluding hydrogens is 234 g/mol. The third kappa shape index (κ3) is 3.44. The molecule has 1 aromatic carbocycles. The predicted octanol–water partition coefficient (Wildman–Crippen LogP) is 3.77. The minimum atomic E-state index is -0.0575. The topological polar surface area (TPSA) is 43.1 Å². The highest BCUT2D eigenvalue weighted by atomic mass is 16.1. The fourth-order valence-electron chi connectivity index (χ4n) is 2.45. The SMILES string of the molecule is CCC(CN)C(=O)c1c(C)cc(C(C)(C)C)cc1C. The third-order valence-electron chi connectivity index (χ3n) is 3.79. The molecule has 0 amide bonds. The molecule has 19 heavy (non-hydrogen) atoms. The molecule has 1 atom stereocenters. The number of carbonyl (C=O) groups excluding carboxylic acids is 1. The van der Waals surface area contributed by atoms with Gasteiger partial charge in [0, 0.05) is 18.0 Å². The number of nitrogens with two attached hydrogens (primary N) is 1. The zero-order valence-corrected chi connectivity index (χ0v) is 13.1. The van der Waals surface area contributed by atoms with Crippen molar-refractivity contribution in [1.82, 2.24) is 0 Å². The van der Waals surface area contributed by atoms with Crippen LogP contribution in [0.2, 0.25) is 0 Å². The van der Waals surface area contributed by atoms with E-state index < -0.39 is 0 Å². The highest BCUT2D eigenvalue weighted by Gasteiger charge is 2.23. The minimum Gasteiger partial charge on any atom is -0.330 e. The molecule has 0 spiro atoms. The molecule has 0 fully saturated rings. The Kier molecular flexibility index (Phi) is 4.92. The first-order valence-electron chi connectivity index (χ1n) is 7.08. The summed E-state index contributed by atoms with van der Waals surface area (Å²) in [5.41, 5.74) is 10.1. The molecule has 2 heteroatoms. The van der Waals surface area contributed by atoms with Gasteiger partial charge >= 0.3 is 0 Å². The number of benzene rings is 1. The molecule has 0 saturated carbocycles. The molecule has 0 aliphatic rings. The first-order valence-corrected chi connectivity index (χ1v) is 7.08. The number of Topliss-reactive ketones (excluding diaryl/α,β-unsaturated/α-hetero) is 1. The second-order valence-corrected chi connectivity index (χ2v) is 6.44. The van der Waals surface area contributed by atoms with Crippen LogP contribution in [-0.2, 0) is 5.41 Å².